The molecule has 0 radical (unpaired) electrons. The van der Waals surface area contributed by atoms with E-state index in [0.29, 0.717) is 37.1 Å². The van der Waals surface area contributed by atoms with Gasteiger partial charge in [0.2, 0.25) is 5.91 Å². The minimum Gasteiger partial charge on any atom is -0.493 e. The van der Waals surface area contributed by atoms with E-state index in [1.807, 2.05) is 24.0 Å². The molecule has 40 heavy (non-hydrogen) atoms. The molecule has 214 valence electrons. The highest BCUT2D eigenvalue weighted by molar-refractivity contribution is 5.91. The van der Waals surface area contributed by atoms with Gasteiger partial charge in [0.15, 0.2) is 11.5 Å². The molecular weight excluding hydrogens is 506 g/mol. The van der Waals surface area contributed by atoms with Crippen molar-refractivity contribution in [1.29, 1.82) is 0 Å². The maximum atomic E-state index is 13.3. The minimum atomic E-state index is -0.306. The van der Waals surface area contributed by atoms with Crippen LogP contribution in [0.15, 0.2) is 36.4 Å². The standard InChI is InChI=1S/C32H41N3O5/c1-5-25-26-18-22(9-11-27(26)33-30(25)23-10-12-28(38-3)29(19-23)39-4)21-13-16-34(17-14-21)31(36)24-8-7-15-35(20-24)32(37)40-6-2/h9-12,18-19,21,24,33H,5-8,13-17,20H2,1-4H3. The van der Waals surface area contributed by atoms with Gasteiger partial charge in [0.25, 0.3) is 0 Å². The number of likely N-dealkylation sites (tertiary alicyclic amines) is 2. The first-order valence-electron chi connectivity index (χ1n) is 14.5. The van der Waals surface area contributed by atoms with Crippen LogP contribution in [-0.4, -0.2) is 73.8 Å². The molecule has 2 amide bonds. The van der Waals surface area contributed by atoms with Crippen LogP contribution >= 0.6 is 0 Å². The summed E-state index contributed by atoms with van der Waals surface area (Å²) in [5.74, 6) is 1.89. The van der Waals surface area contributed by atoms with Crippen LogP contribution in [-0.2, 0) is 16.0 Å². The van der Waals surface area contributed by atoms with E-state index in [4.69, 9.17) is 14.2 Å². The summed E-state index contributed by atoms with van der Waals surface area (Å²) < 4.78 is 16.1. The van der Waals surface area contributed by atoms with Gasteiger partial charge in [0.05, 0.1) is 26.7 Å². The van der Waals surface area contributed by atoms with Crippen LogP contribution in [0.4, 0.5) is 4.79 Å². The number of carbonyl (C=O) groups is 2. The number of carbonyl (C=O) groups excluding carboxylic acids is 2. The van der Waals surface area contributed by atoms with E-state index < -0.39 is 0 Å². The van der Waals surface area contributed by atoms with Crippen molar-refractivity contribution in [1.82, 2.24) is 14.8 Å². The summed E-state index contributed by atoms with van der Waals surface area (Å²) in [5, 5.41) is 1.25. The highest BCUT2D eigenvalue weighted by atomic mass is 16.6. The maximum absolute atomic E-state index is 13.3. The van der Waals surface area contributed by atoms with E-state index in [-0.39, 0.29) is 17.9 Å². The average molecular weight is 548 g/mol. The number of fused-ring (bicyclic) bond motifs is 1. The summed E-state index contributed by atoms with van der Waals surface area (Å²) >= 11 is 0. The molecule has 0 aliphatic carbocycles. The highest BCUT2D eigenvalue weighted by Gasteiger charge is 2.33. The Balaban J connectivity index is 1.29. The van der Waals surface area contributed by atoms with Crippen LogP contribution in [0, 0.1) is 5.92 Å². The lowest BCUT2D eigenvalue weighted by molar-refractivity contribution is -0.138. The van der Waals surface area contributed by atoms with E-state index in [2.05, 4.69) is 36.2 Å². The van der Waals surface area contributed by atoms with Crippen molar-refractivity contribution in [3.05, 3.63) is 47.5 Å². The lowest BCUT2D eigenvalue weighted by Crippen LogP contribution is -2.48. The molecule has 8 heteroatoms. The van der Waals surface area contributed by atoms with Gasteiger partial charge in [-0.25, -0.2) is 4.79 Å². The molecule has 2 fully saturated rings. The Hall–Kier alpha value is -3.68. The van der Waals surface area contributed by atoms with Gasteiger partial charge in [-0.15, -0.1) is 0 Å². The van der Waals surface area contributed by atoms with Crippen molar-refractivity contribution < 1.29 is 23.8 Å². The lowest BCUT2D eigenvalue weighted by Gasteiger charge is -2.37. The molecule has 2 aliphatic heterocycles. The molecule has 2 aliphatic rings. The number of ether oxygens (including phenoxy) is 3. The first-order valence-corrected chi connectivity index (χ1v) is 14.5. The number of rotatable bonds is 7. The number of methoxy groups -OCH3 is 2. The number of aromatic amines is 1. The van der Waals surface area contributed by atoms with E-state index >= 15 is 0 Å². The Morgan fingerprint density at radius 3 is 2.40 bits per heavy atom. The second-order valence-electron chi connectivity index (χ2n) is 10.8. The summed E-state index contributed by atoms with van der Waals surface area (Å²) in [6, 6.07) is 12.8. The van der Waals surface area contributed by atoms with Crippen LogP contribution in [0.2, 0.25) is 0 Å². The minimum absolute atomic E-state index is 0.131. The maximum Gasteiger partial charge on any atom is 0.409 e. The Morgan fingerprint density at radius 2 is 1.70 bits per heavy atom. The number of aromatic nitrogens is 1. The molecule has 2 saturated heterocycles. The molecule has 2 aromatic carbocycles. The van der Waals surface area contributed by atoms with E-state index in [9.17, 15) is 9.59 Å². The fraction of sp³-hybridized carbons (Fsp3) is 0.500. The number of hydrogen-bond acceptors (Lipinski definition) is 5. The van der Waals surface area contributed by atoms with Gasteiger partial charge in [-0.2, -0.15) is 0 Å². The molecule has 1 unspecified atom stereocenters. The van der Waals surface area contributed by atoms with Gasteiger partial charge in [-0.3, -0.25) is 4.79 Å². The summed E-state index contributed by atoms with van der Waals surface area (Å²) in [7, 11) is 3.31. The van der Waals surface area contributed by atoms with E-state index in [1.54, 1.807) is 19.1 Å². The molecule has 0 spiro atoms. The third kappa shape index (κ3) is 5.49. The summed E-state index contributed by atoms with van der Waals surface area (Å²) in [6.45, 7) is 6.99. The van der Waals surface area contributed by atoms with Gasteiger partial charge in [-0.05, 0) is 86.4 Å². The zero-order chi connectivity index (χ0) is 28.2. The number of benzene rings is 2. The van der Waals surface area contributed by atoms with Crippen molar-refractivity contribution in [2.45, 2.75) is 51.9 Å². The number of H-pyrrole nitrogens is 1. The Bertz CT molecular complexity index is 1360. The number of nitrogens with one attached hydrogen (secondary N) is 1. The fourth-order valence-electron chi connectivity index (χ4n) is 6.38. The quantitative estimate of drug-likeness (QED) is 0.393. The highest BCUT2D eigenvalue weighted by Crippen LogP contribution is 2.38. The van der Waals surface area contributed by atoms with Crippen LogP contribution < -0.4 is 9.47 Å². The Morgan fingerprint density at radius 1 is 0.925 bits per heavy atom. The molecule has 8 nitrogen and oxygen atoms in total. The third-order valence-corrected chi connectivity index (χ3v) is 8.53. The molecule has 0 bridgehead atoms. The van der Waals surface area contributed by atoms with Crippen LogP contribution in [0.5, 0.6) is 11.5 Å². The fourth-order valence-corrected chi connectivity index (χ4v) is 6.38. The molecule has 1 N–H and O–H groups in total. The first kappa shape index (κ1) is 27.9. The first-order chi connectivity index (χ1) is 19.5. The predicted octanol–water partition coefficient (Wildman–Crippen LogP) is 5.99. The van der Waals surface area contributed by atoms with Crippen LogP contribution in [0.1, 0.15) is 56.6 Å². The van der Waals surface area contributed by atoms with Crippen LogP contribution in [0.25, 0.3) is 22.2 Å². The average Bonchev–Trinajstić information content (AvgIpc) is 3.38. The van der Waals surface area contributed by atoms with Gasteiger partial charge in [0.1, 0.15) is 0 Å². The summed E-state index contributed by atoms with van der Waals surface area (Å²) in [6.07, 6.45) is 4.16. The van der Waals surface area contributed by atoms with Crippen molar-refractivity contribution in [2.24, 2.45) is 5.92 Å². The van der Waals surface area contributed by atoms with Crippen molar-refractivity contribution in [2.75, 3.05) is 47.0 Å². The number of hydrogen-bond donors (Lipinski definition) is 1. The number of piperidine rings is 2. The zero-order valence-corrected chi connectivity index (χ0v) is 24.1. The molecular formula is C32H41N3O5. The molecule has 1 aromatic heterocycles. The predicted molar refractivity (Wildman–Crippen MR) is 156 cm³/mol. The second kappa shape index (κ2) is 12.2. The van der Waals surface area contributed by atoms with Gasteiger partial charge < -0.3 is 29.0 Å². The third-order valence-electron chi connectivity index (χ3n) is 8.53. The molecule has 5 rings (SSSR count). The molecule has 3 heterocycles. The topological polar surface area (TPSA) is 84.1 Å². The van der Waals surface area contributed by atoms with E-state index in [1.165, 1.54) is 16.5 Å². The SMILES string of the molecule is CCOC(=O)N1CCCC(C(=O)N2CCC(c3ccc4[nH]c(-c5ccc(OC)c(OC)c5)c(CC)c4c3)CC2)C1. The molecule has 3 aromatic rings. The number of nitrogens with zero attached hydrogens (tertiary/aromatic N) is 2. The van der Waals surface area contributed by atoms with Crippen molar-refractivity contribution in [3.8, 4) is 22.8 Å². The smallest absolute Gasteiger partial charge is 0.409 e. The second-order valence-corrected chi connectivity index (χ2v) is 10.8. The largest absolute Gasteiger partial charge is 0.493 e. The zero-order valence-electron chi connectivity index (χ0n) is 24.1. The van der Waals surface area contributed by atoms with Gasteiger partial charge >= 0.3 is 6.09 Å². The Kier molecular flexibility index (Phi) is 8.52. The monoisotopic (exact) mass is 547 g/mol. The number of amides is 2. The number of aryl methyl sites for hydroxylation is 1. The molecule has 0 saturated carbocycles. The van der Waals surface area contributed by atoms with Gasteiger partial charge in [-0.1, -0.05) is 13.0 Å². The van der Waals surface area contributed by atoms with E-state index in [0.717, 1.165) is 62.0 Å². The summed E-state index contributed by atoms with van der Waals surface area (Å²) in [4.78, 5) is 32.9. The normalized spacial score (nSPS) is 18.1. The lowest BCUT2D eigenvalue weighted by atomic mass is 9.87. The van der Waals surface area contributed by atoms with Gasteiger partial charge in [0, 0.05) is 48.3 Å². The molecule has 1 atom stereocenters. The Labute approximate surface area is 236 Å². The van der Waals surface area contributed by atoms with Crippen molar-refractivity contribution in [3.63, 3.8) is 0 Å². The van der Waals surface area contributed by atoms with Crippen LogP contribution in [0.3, 0.4) is 0 Å². The summed E-state index contributed by atoms with van der Waals surface area (Å²) in [5.41, 5.74) is 5.93. The van der Waals surface area contributed by atoms with Crippen molar-refractivity contribution >= 4 is 22.9 Å².